The maximum atomic E-state index is 11.7. The Morgan fingerprint density at radius 1 is 1.56 bits per heavy atom. The van der Waals surface area contributed by atoms with Gasteiger partial charge in [-0.25, -0.2) is 4.98 Å². The number of nitrogens with zero attached hydrogens (tertiary/aromatic N) is 1. The maximum Gasteiger partial charge on any atom is 0.230 e. The molecule has 1 aliphatic rings. The molecule has 1 unspecified atom stereocenters. The molecule has 16 heavy (non-hydrogen) atoms. The van der Waals surface area contributed by atoms with E-state index in [9.17, 15) is 9.59 Å². The minimum atomic E-state index is -0.294. The second kappa shape index (κ2) is 4.61. The van der Waals surface area contributed by atoms with Crippen molar-refractivity contribution in [2.24, 2.45) is 5.92 Å². The predicted octanol–water partition coefficient (Wildman–Crippen LogP) is 0.919. The SMILES string of the molecule is O=C1CC(C(=O)Nc2ccc(Br)cn2)CN1. The standard InChI is InChI=1S/C10H10BrN3O2/c11-7-1-2-8(12-5-7)14-10(16)6-3-9(15)13-4-6/h1-2,5-6H,3-4H2,(H,13,15)(H,12,14,16). The first kappa shape index (κ1) is 11.1. The minimum Gasteiger partial charge on any atom is -0.355 e. The van der Waals surface area contributed by atoms with E-state index in [4.69, 9.17) is 0 Å². The summed E-state index contributed by atoms with van der Waals surface area (Å²) in [5.41, 5.74) is 0. The van der Waals surface area contributed by atoms with Gasteiger partial charge in [0.05, 0.1) is 5.92 Å². The lowest BCUT2D eigenvalue weighted by Gasteiger charge is -2.07. The number of carbonyl (C=O) groups is 2. The molecule has 2 N–H and O–H groups in total. The topological polar surface area (TPSA) is 71.1 Å². The molecule has 6 heteroatoms. The van der Waals surface area contributed by atoms with Gasteiger partial charge in [-0.3, -0.25) is 9.59 Å². The van der Waals surface area contributed by atoms with Crippen LogP contribution < -0.4 is 10.6 Å². The summed E-state index contributed by atoms with van der Waals surface area (Å²) in [6, 6.07) is 3.49. The summed E-state index contributed by atoms with van der Waals surface area (Å²) in [7, 11) is 0. The van der Waals surface area contributed by atoms with Gasteiger partial charge in [-0.2, -0.15) is 0 Å². The Morgan fingerprint density at radius 3 is 2.94 bits per heavy atom. The zero-order valence-corrected chi connectivity index (χ0v) is 9.95. The Kier molecular flexibility index (Phi) is 3.19. The van der Waals surface area contributed by atoms with Gasteiger partial charge in [-0.15, -0.1) is 0 Å². The van der Waals surface area contributed by atoms with E-state index >= 15 is 0 Å². The van der Waals surface area contributed by atoms with Crippen LogP contribution in [0.25, 0.3) is 0 Å². The smallest absolute Gasteiger partial charge is 0.230 e. The Balaban J connectivity index is 1.97. The van der Waals surface area contributed by atoms with E-state index in [2.05, 4.69) is 31.5 Å². The van der Waals surface area contributed by atoms with E-state index in [1.54, 1.807) is 18.3 Å². The number of hydrogen-bond acceptors (Lipinski definition) is 3. The monoisotopic (exact) mass is 283 g/mol. The number of carbonyl (C=O) groups excluding carboxylic acids is 2. The molecule has 1 fully saturated rings. The van der Waals surface area contributed by atoms with Crippen molar-refractivity contribution in [3.05, 3.63) is 22.8 Å². The quantitative estimate of drug-likeness (QED) is 0.848. The molecule has 2 amide bonds. The van der Waals surface area contributed by atoms with Crippen molar-refractivity contribution in [3.8, 4) is 0 Å². The number of halogens is 1. The van der Waals surface area contributed by atoms with Gasteiger partial charge in [0.1, 0.15) is 5.82 Å². The number of pyridine rings is 1. The molecular weight excluding hydrogens is 274 g/mol. The van der Waals surface area contributed by atoms with Gasteiger partial charge in [0.2, 0.25) is 11.8 Å². The lowest BCUT2D eigenvalue weighted by molar-refractivity contribution is -0.123. The van der Waals surface area contributed by atoms with Crippen LogP contribution in [0.4, 0.5) is 5.82 Å². The van der Waals surface area contributed by atoms with E-state index in [1.807, 2.05) is 0 Å². The normalized spacial score (nSPS) is 19.3. The van der Waals surface area contributed by atoms with Crippen molar-refractivity contribution in [2.45, 2.75) is 6.42 Å². The lowest BCUT2D eigenvalue weighted by Crippen LogP contribution is -2.25. The highest BCUT2D eigenvalue weighted by atomic mass is 79.9. The average molecular weight is 284 g/mol. The van der Waals surface area contributed by atoms with Crippen molar-refractivity contribution in [1.82, 2.24) is 10.3 Å². The lowest BCUT2D eigenvalue weighted by atomic mass is 10.1. The average Bonchev–Trinajstić information content (AvgIpc) is 2.68. The number of anilines is 1. The molecule has 2 rings (SSSR count). The van der Waals surface area contributed by atoms with Crippen molar-refractivity contribution < 1.29 is 9.59 Å². The zero-order valence-electron chi connectivity index (χ0n) is 8.37. The van der Waals surface area contributed by atoms with Crippen molar-refractivity contribution in [3.63, 3.8) is 0 Å². The molecule has 0 aromatic carbocycles. The molecule has 1 aromatic rings. The van der Waals surface area contributed by atoms with Crippen molar-refractivity contribution in [2.75, 3.05) is 11.9 Å². The molecule has 0 radical (unpaired) electrons. The third-order valence-electron chi connectivity index (χ3n) is 2.33. The summed E-state index contributed by atoms with van der Waals surface area (Å²) < 4.78 is 0.850. The van der Waals surface area contributed by atoms with Gasteiger partial charge in [0, 0.05) is 23.6 Å². The Hall–Kier alpha value is -1.43. The van der Waals surface area contributed by atoms with Crippen LogP contribution in [0.3, 0.4) is 0 Å². The zero-order chi connectivity index (χ0) is 11.5. The summed E-state index contributed by atoms with van der Waals surface area (Å²) in [4.78, 5) is 26.7. The van der Waals surface area contributed by atoms with E-state index in [0.29, 0.717) is 12.4 Å². The Morgan fingerprint density at radius 2 is 2.38 bits per heavy atom. The van der Waals surface area contributed by atoms with Crippen LogP contribution in [0.2, 0.25) is 0 Å². The number of aromatic nitrogens is 1. The number of amides is 2. The molecule has 84 valence electrons. The van der Waals surface area contributed by atoms with Crippen LogP contribution in [0.5, 0.6) is 0 Å². The van der Waals surface area contributed by atoms with Crippen LogP contribution in [-0.4, -0.2) is 23.3 Å². The fraction of sp³-hybridized carbons (Fsp3) is 0.300. The van der Waals surface area contributed by atoms with Gasteiger partial charge in [-0.1, -0.05) is 0 Å². The van der Waals surface area contributed by atoms with Crippen LogP contribution in [0.15, 0.2) is 22.8 Å². The molecule has 0 bridgehead atoms. The van der Waals surface area contributed by atoms with E-state index in [0.717, 1.165) is 4.47 Å². The first-order valence-electron chi connectivity index (χ1n) is 4.84. The molecule has 1 aliphatic heterocycles. The Labute approximate surface area is 101 Å². The van der Waals surface area contributed by atoms with Gasteiger partial charge in [0.25, 0.3) is 0 Å². The molecule has 2 heterocycles. The first-order chi connectivity index (χ1) is 7.65. The second-order valence-corrected chi connectivity index (χ2v) is 4.47. The maximum absolute atomic E-state index is 11.7. The highest BCUT2D eigenvalue weighted by molar-refractivity contribution is 9.10. The van der Waals surface area contributed by atoms with Gasteiger partial charge in [-0.05, 0) is 28.1 Å². The van der Waals surface area contributed by atoms with E-state index in [-0.39, 0.29) is 24.2 Å². The van der Waals surface area contributed by atoms with Crippen molar-refractivity contribution in [1.29, 1.82) is 0 Å². The second-order valence-electron chi connectivity index (χ2n) is 3.56. The summed E-state index contributed by atoms with van der Waals surface area (Å²) in [6.45, 7) is 0.404. The van der Waals surface area contributed by atoms with Crippen LogP contribution in [-0.2, 0) is 9.59 Å². The number of hydrogen-bond donors (Lipinski definition) is 2. The molecule has 1 saturated heterocycles. The van der Waals surface area contributed by atoms with Gasteiger partial charge < -0.3 is 10.6 Å². The molecule has 0 saturated carbocycles. The third-order valence-corrected chi connectivity index (χ3v) is 2.80. The minimum absolute atomic E-state index is 0.0797. The van der Waals surface area contributed by atoms with Gasteiger partial charge in [0.15, 0.2) is 0 Å². The summed E-state index contributed by atoms with van der Waals surface area (Å²) in [6.07, 6.45) is 1.86. The molecule has 0 aliphatic carbocycles. The van der Waals surface area contributed by atoms with Crippen LogP contribution in [0.1, 0.15) is 6.42 Å². The molecule has 5 nitrogen and oxygen atoms in total. The number of rotatable bonds is 2. The third kappa shape index (κ3) is 2.57. The first-order valence-corrected chi connectivity index (χ1v) is 5.63. The largest absolute Gasteiger partial charge is 0.355 e. The fourth-order valence-corrected chi connectivity index (χ4v) is 1.70. The molecule has 0 spiro atoms. The van der Waals surface area contributed by atoms with E-state index < -0.39 is 0 Å². The van der Waals surface area contributed by atoms with Crippen LogP contribution in [0, 0.1) is 5.92 Å². The molecule has 1 atom stereocenters. The van der Waals surface area contributed by atoms with E-state index in [1.165, 1.54) is 0 Å². The highest BCUT2D eigenvalue weighted by Gasteiger charge is 2.27. The van der Waals surface area contributed by atoms with Gasteiger partial charge >= 0.3 is 0 Å². The summed E-state index contributed by atoms with van der Waals surface area (Å²) in [5.74, 6) is -0.0532. The number of nitrogens with one attached hydrogen (secondary N) is 2. The van der Waals surface area contributed by atoms with Crippen LogP contribution >= 0.6 is 15.9 Å². The highest BCUT2D eigenvalue weighted by Crippen LogP contribution is 2.14. The predicted molar refractivity (Wildman–Crippen MR) is 61.7 cm³/mol. The fourth-order valence-electron chi connectivity index (χ4n) is 1.47. The summed E-state index contributed by atoms with van der Waals surface area (Å²) in [5, 5.41) is 5.29. The molecule has 1 aromatic heterocycles. The Bertz CT molecular complexity index is 419. The van der Waals surface area contributed by atoms with Crippen molar-refractivity contribution >= 4 is 33.6 Å². The molecular formula is C10H10BrN3O2. The summed E-state index contributed by atoms with van der Waals surface area (Å²) >= 11 is 3.26.